The van der Waals surface area contributed by atoms with Crippen molar-refractivity contribution in [1.82, 2.24) is 4.57 Å². The minimum Gasteiger partial charge on any atom is -0.395 e. The van der Waals surface area contributed by atoms with Crippen molar-refractivity contribution in [3.05, 3.63) is 101 Å². The van der Waals surface area contributed by atoms with Crippen LogP contribution < -0.4 is 4.80 Å². The average Bonchev–Trinajstić information content (AvgIpc) is 3.14. The highest BCUT2D eigenvalue weighted by molar-refractivity contribution is 7.13. The first-order valence-electron chi connectivity index (χ1n) is 9.37. The van der Waals surface area contributed by atoms with Gasteiger partial charge in [-0.15, -0.1) is 0 Å². The van der Waals surface area contributed by atoms with Crippen LogP contribution in [0.1, 0.15) is 10.4 Å². The first-order chi connectivity index (χ1) is 14.3. The number of hydrogen-bond acceptors (Lipinski definition) is 3. The molecule has 4 aromatic rings. The van der Waals surface area contributed by atoms with E-state index < -0.39 is 0 Å². The van der Waals surface area contributed by atoms with Crippen LogP contribution in [0, 0.1) is 0 Å². The van der Waals surface area contributed by atoms with E-state index in [1.807, 2.05) is 83.4 Å². The molecular formula is C24H20N2O2S. The lowest BCUT2D eigenvalue weighted by atomic mass is 10.1. The second-order valence-corrected chi connectivity index (χ2v) is 7.43. The zero-order valence-electron chi connectivity index (χ0n) is 15.7. The molecule has 0 aliphatic heterocycles. The van der Waals surface area contributed by atoms with Crippen molar-refractivity contribution in [3.63, 3.8) is 0 Å². The molecule has 1 heterocycles. The fourth-order valence-corrected chi connectivity index (χ4v) is 4.39. The van der Waals surface area contributed by atoms with E-state index in [2.05, 4.69) is 4.99 Å². The molecule has 29 heavy (non-hydrogen) atoms. The highest BCUT2D eigenvalue weighted by atomic mass is 32.1. The van der Waals surface area contributed by atoms with Gasteiger partial charge in [0.25, 0.3) is 5.91 Å². The lowest BCUT2D eigenvalue weighted by Gasteiger charge is -2.10. The topological polar surface area (TPSA) is 54.6 Å². The summed E-state index contributed by atoms with van der Waals surface area (Å²) in [5, 5.41) is 9.70. The number of aliphatic hydroxyl groups is 1. The van der Waals surface area contributed by atoms with Gasteiger partial charge in [0.15, 0.2) is 4.80 Å². The standard InChI is InChI=1S/C24H20N2O2S/c27-17-16-26-21(18-10-4-1-5-11-18)22(19-12-6-2-7-13-19)29-24(26)25-23(28)20-14-8-3-9-15-20/h1-15,27H,16-17H2. The van der Waals surface area contributed by atoms with Crippen molar-refractivity contribution < 1.29 is 9.90 Å². The van der Waals surface area contributed by atoms with Crippen molar-refractivity contribution in [3.8, 4) is 21.7 Å². The Hall–Kier alpha value is -3.28. The number of benzene rings is 3. The van der Waals surface area contributed by atoms with E-state index >= 15 is 0 Å². The Kier molecular flexibility index (Phi) is 5.79. The smallest absolute Gasteiger partial charge is 0.279 e. The Labute approximate surface area is 173 Å². The Balaban J connectivity index is 1.96. The van der Waals surface area contributed by atoms with Crippen LogP contribution in [-0.2, 0) is 6.54 Å². The van der Waals surface area contributed by atoms with Gasteiger partial charge in [-0.2, -0.15) is 4.99 Å². The Morgan fingerprint density at radius 3 is 1.97 bits per heavy atom. The summed E-state index contributed by atoms with van der Waals surface area (Å²) in [6.07, 6.45) is 0. The Bertz CT molecular complexity index is 1160. The fourth-order valence-electron chi connectivity index (χ4n) is 3.20. The summed E-state index contributed by atoms with van der Waals surface area (Å²) in [5.74, 6) is -0.294. The van der Waals surface area contributed by atoms with Crippen molar-refractivity contribution in [2.24, 2.45) is 4.99 Å². The van der Waals surface area contributed by atoms with E-state index in [4.69, 9.17) is 0 Å². The summed E-state index contributed by atoms with van der Waals surface area (Å²) in [6, 6.07) is 29.1. The van der Waals surface area contributed by atoms with Gasteiger partial charge in [0.1, 0.15) is 0 Å². The molecule has 4 nitrogen and oxygen atoms in total. The third kappa shape index (κ3) is 4.11. The van der Waals surface area contributed by atoms with Crippen LogP contribution in [0.2, 0.25) is 0 Å². The number of carbonyl (C=O) groups excluding carboxylic acids is 1. The second-order valence-electron chi connectivity index (χ2n) is 6.45. The summed E-state index contributed by atoms with van der Waals surface area (Å²) in [7, 11) is 0. The minimum atomic E-state index is -0.294. The van der Waals surface area contributed by atoms with Crippen molar-refractivity contribution in [1.29, 1.82) is 0 Å². The molecule has 1 aromatic heterocycles. The molecule has 0 aliphatic rings. The fraction of sp³-hybridized carbons (Fsp3) is 0.0833. The number of hydrogen-bond donors (Lipinski definition) is 1. The normalized spacial score (nSPS) is 11.6. The van der Waals surface area contributed by atoms with E-state index in [-0.39, 0.29) is 12.5 Å². The van der Waals surface area contributed by atoms with Gasteiger partial charge in [-0.1, -0.05) is 90.2 Å². The molecule has 0 radical (unpaired) electrons. The molecule has 0 fully saturated rings. The predicted octanol–water partition coefficient (Wildman–Crippen LogP) is 4.62. The largest absolute Gasteiger partial charge is 0.395 e. The van der Waals surface area contributed by atoms with Crippen LogP contribution in [0.25, 0.3) is 21.7 Å². The molecule has 3 aromatic carbocycles. The van der Waals surface area contributed by atoms with Crippen LogP contribution in [0.3, 0.4) is 0 Å². The number of aromatic nitrogens is 1. The quantitative estimate of drug-likeness (QED) is 0.532. The van der Waals surface area contributed by atoms with Gasteiger partial charge in [-0.05, 0) is 23.3 Å². The number of rotatable bonds is 5. The third-order valence-corrected chi connectivity index (χ3v) is 5.66. The SMILES string of the molecule is O=C(N=c1sc(-c2ccccc2)c(-c2ccccc2)n1CCO)c1ccccc1. The van der Waals surface area contributed by atoms with E-state index in [0.29, 0.717) is 16.9 Å². The van der Waals surface area contributed by atoms with Crippen LogP contribution in [0.5, 0.6) is 0 Å². The second kappa shape index (κ2) is 8.82. The molecule has 1 N–H and O–H groups in total. The van der Waals surface area contributed by atoms with Gasteiger partial charge < -0.3 is 9.67 Å². The molecule has 0 aliphatic carbocycles. The lowest BCUT2D eigenvalue weighted by Crippen LogP contribution is -2.20. The molecule has 0 atom stereocenters. The molecule has 1 amide bonds. The van der Waals surface area contributed by atoms with Crippen LogP contribution in [0.15, 0.2) is 96.0 Å². The number of thiazole rings is 1. The summed E-state index contributed by atoms with van der Waals surface area (Å²) in [5.41, 5.74) is 3.57. The minimum absolute atomic E-state index is 0.0441. The van der Waals surface area contributed by atoms with E-state index in [9.17, 15) is 9.90 Å². The molecule has 144 valence electrons. The number of aliphatic hydroxyl groups excluding tert-OH is 1. The summed E-state index contributed by atoms with van der Waals surface area (Å²) < 4.78 is 1.93. The Morgan fingerprint density at radius 2 is 1.38 bits per heavy atom. The van der Waals surface area contributed by atoms with E-state index in [1.54, 1.807) is 12.1 Å². The van der Waals surface area contributed by atoms with Crippen LogP contribution >= 0.6 is 11.3 Å². The molecule has 5 heteroatoms. The first kappa shape index (κ1) is 19.1. The van der Waals surface area contributed by atoms with Gasteiger partial charge in [0.05, 0.1) is 17.2 Å². The van der Waals surface area contributed by atoms with Gasteiger partial charge in [-0.3, -0.25) is 4.79 Å². The number of nitrogens with zero attached hydrogens (tertiary/aromatic N) is 2. The van der Waals surface area contributed by atoms with Crippen molar-refractivity contribution in [2.75, 3.05) is 6.61 Å². The molecule has 0 spiro atoms. The van der Waals surface area contributed by atoms with Crippen LogP contribution in [0.4, 0.5) is 0 Å². The van der Waals surface area contributed by atoms with Crippen LogP contribution in [-0.4, -0.2) is 22.2 Å². The average molecular weight is 401 g/mol. The number of carbonyl (C=O) groups is 1. The van der Waals surface area contributed by atoms with Gasteiger partial charge in [0, 0.05) is 12.1 Å². The Morgan fingerprint density at radius 1 is 0.828 bits per heavy atom. The zero-order chi connectivity index (χ0) is 20.1. The summed E-state index contributed by atoms with van der Waals surface area (Å²) in [6.45, 7) is 0.311. The molecule has 0 saturated heterocycles. The van der Waals surface area contributed by atoms with Crippen molar-refractivity contribution in [2.45, 2.75) is 6.54 Å². The monoisotopic (exact) mass is 400 g/mol. The van der Waals surface area contributed by atoms with Crippen molar-refractivity contribution >= 4 is 17.2 Å². The highest BCUT2D eigenvalue weighted by Crippen LogP contribution is 2.34. The summed E-state index contributed by atoms with van der Waals surface area (Å²) >= 11 is 1.46. The molecule has 0 saturated carbocycles. The van der Waals surface area contributed by atoms with Gasteiger partial charge in [-0.25, -0.2) is 0 Å². The first-order valence-corrected chi connectivity index (χ1v) is 10.2. The maximum atomic E-state index is 12.7. The number of amides is 1. The highest BCUT2D eigenvalue weighted by Gasteiger charge is 2.17. The summed E-state index contributed by atoms with van der Waals surface area (Å²) in [4.78, 5) is 18.7. The molecule has 4 rings (SSSR count). The molecule has 0 bridgehead atoms. The maximum absolute atomic E-state index is 12.7. The predicted molar refractivity (Wildman–Crippen MR) is 117 cm³/mol. The maximum Gasteiger partial charge on any atom is 0.279 e. The van der Waals surface area contributed by atoms with E-state index in [1.165, 1.54) is 11.3 Å². The molecular weight excluding hydrogens is 380 g/mol. The lowest BCUT2D eigenvalue weighted by molar-refractivity contribution is 0.0997. The zero-order valence-corrected chi connectivity index (χ0v) is 16.5. The van der Waals surface area contributed by atoms with E-state index in [0.717, 1.165) is 21.7 Å². The van der Waals surface area contributed by atoms with Gasteiger partial charge in [0.2, 0.25) is 0 Å². The molecule has 0 unspecified atom stereocenters. The third-order valence-electron chi connectivity index (χ3n) is 4.53. The van der Waals surface area contributed by atoms with Gasteiger partial charge >= 0.3 is 0 Å².